The van der Waals surface area contributed by atoms with Gasteiger partial charge in [-0.05, 0) is 54.8 Å². The van der Waals surface area contributed by atoms with E-state index in [9.17, 15) is 13.2 Å². The first kappa shape index (κ1) is 26.5. The van der Waals surface area contributed by atoms with Crippen molar-refractivity contribution in [3.05, 3.63) is 88.9 Å². The lowest BCUT2D eigenvalue weighted by molar-refractivity contribution is -0.121. The van der Waals surface area contributed by atoms with Crippen LogP contribution in [0.5, 0.6) is 11.5 Å². The minimum absolute atomic E-state index is 0.00707. The average Bonchev–Trinajstić information content (AvgIpc) is 2.86. The third kappa shape index (κ3) is 6.97. The smallest absolute Gasteiger partial charge is 0.243 e. The molecule has 0 aromatic heterocycles. The minimum atomic E-state index is -4.01. The van der Waals surface area contributed by atoms with Gasteiger partial charge in [0.15, 0.2) is 0 Å². The Balaban J connectivity index is 1.80. The van der Waals surface area contributed by atoms with Crippen LogP contribution in [-0.4, -0.2) is 45.9 Å². The number of methoxy groups -OCH3 is 2. The number of carbonyl (C=O) groups excluding carboxylic acids is 1. The van der Waals surface area contributed by atoms with Crippen molar-refractivity contribution >= 4 is 27.5 Å². The first-order valence-electron chi connectivity index (χ1n) is 11.1. The van der Waals surface area contributed by atoms with E-state index in [0.717, 1.165) is 11.1 Å². The molecule has 3 aromatic carbocycles. The third-order valence-corrected chi connectivity index (χ3v) is 7.70. The molecule has 1 atom stereocenters. The van der Waals surface area contributed by atoms with Gasteiger partial charge in [-0.3, -0.25) is 4.79 Å². The number of hydrogen-bond donors (Lipinski definition) is 1. The Hall–Kier alpha value is -3.07. The van der Waals surface area contributed by atoms with E-state index in [-0.39, 0.29) is 29.0 Å². The number of sulfonamides is 1. The van der Waals surface area contributed by atoms with Gasteiger partial charge in [-0.15, -0.1) is 0 Å². The molecule has 0 saturated carbocycles. The Labute approximate surface area is 211 Å². The van der Waals surface area contributed by atoms with E-state index in [0.29, 0.717) is 17.9 Å². The van der Waals surface area contributed by atoms with Crippen LogP contribution in [0.25, 0.3) is 0 Å². The lowest BCUT2D eigenvalue weighted by Gasteiger charge is -2.23. The number of carbonyl (C=O) groups is 1. The Morgan fingerprint density at radius 1 is 1.00 bits per heavy atom. The van der Waals surface area contributed by atoms with Gasteiger partial charge < -0.3 is 14.8 Å². The lowest BCUT2D eigenvalue weighted by Crippen LogP contribution is -2.42. The van der Waals surface area contributed by atoms with Gasteiger partial charge in [-0.25, -0.2) is 8.42 Å². The number of hydrogen-bond acceptors (Lipinski definition) is 5. The Bertz CT molecular complexity index is 1230. The maximum absolute atomic E-state index is 13.5. The van der Waals surface area contributed by atoms with Crippen molar-refractivity contribution in [1.29, 1.82) is 0 Å². The summed E-state index contributed by atoms with van der Waals surface area (Å²) < 4.78 is 38.5. The van der Waals surface area contributed by atoms with Crippen molar-refractivity contribution < 1.29 is 22.7 Å². The quantitative estimate of drug-likeness (QED) is 0.406. The molecule has 3 rings (SSSR count). The van der Waals surface area contributed by atoms with E-state index >= 15 is 0 Å². The van der Waals surface area contributed by atoms with Gasteiger partial charge in [-0.1, -0.05) is 54.1 Å². The Kier molecular flexibility index (Phi) is 9.14. The highest BCUT2D eigenvalue weighted by atomic mass is 35.5. The summed E-state index contributed by atoms with van der Waals surface area (Å²) in [5.74, 6) is 0.667. The highest BCUT2D eigenvalue weighted by Crippen LogP contribution is 2.28. The van der Waals surface area contributed by atoms with Crippen LogP contribution in [0.4, 0.5) is 0 Å². The molecule has 1 N–H and O–H groups in total. The van der Waals surface area contributed by atoms with Crippen LogP contribution < -0.4 is 14.8 Å². The van der Waals surface area contributed by atoms with Crippen LogP contribution in [0.15, 0.2) is 77.7 Å². The van der Waals surface area contributed by atoms with Crippen LogP contribution >= 0.6 is 11.6 Å². The van der Waals surface area contributed by atoms with E-state index in [1.807, 2.05) is 61.5 Å². The lowest BCUT2D eigenvalue weighted by atomic mass is 10.1. The predicted octanol–water partition coefficient (Wildman–Crippen LogP) is 4.47. The summed E-state index contributed by atoms with van der Waals surface area (Å²) in [5.41, 5.74) is 1.84. The summed E-state index contributed by atoms with van der Waals surface area (Å²) in [6.45, 7) is 1.63. The zero-order valence-corrected chi connectivity index (χ0v) is 21.5. The molecule has 35 heavy (non-hydrogen) atoms. The van der Waals surface area contributed by atoms with Gasteiger partial charge in [0.2, 0.25) is 15.9 Å². The molecular weight excluding hydrogens is 488 g/mol. The molecule has 9 heteroatoms. The highest BCUT2D eigenvalue weighted by Gasteiger charge is 2.28. The fraction of sp³-hybridized carbons (Fsp3) is 0.269. The molecule has 0 fully saturated rings. The van der Waals surface area contributed by atoms with Crippen LogP contribution in [0.1, 0.15) is 24.1 Å². The van der Waals surface area contributed by atoms with Gasteiger partial charge in [0, 0.05) is 6.54 Å². The van der Waals surface area contributed by atoms with E-state index in [4.69, 9.17) is 21.1 Å². The second-order valence-electron chi connectivity index (χ2n) is 7.93. The first-order valence-corrected chi connectivity index (χ1v) is 12.9. The number of amides is 1. The van der Waals surface area contributed by atoms with Crippen LogP contribution in [0.3, 0.4) is 0 Å². The van der Waals surface area contributed by atoms with E-state index in [1.54, 1.807) is 7.11 Å². The molecule has 1 amide bonds. The number of nitrogens with zero attached hydrogens (tertiary/aromatic N) is 1. The van der Waals surface area contributed by atoms with E-state index in [2.05, 4.69) is 5.32 Å². The van der Waals surface area contributed by atoms with Crippen molar-refractivity contribution in [3.8, 4) is 11.5 Å². The average molecular weight is 517 g/mol. The van der Waals surface area contributed by atoms with Crippen molar-refractivity contribution in [2.75, 3.05) is 27.3 Å². The predicted molar refractivity (Wildman–Crippen MR) is 136 cm³/mol. The van der Waals surface area contributed by atoms with Gasteiger partial charge in [0.25, 0.3) is 0 Å². The van der Waals surface area contributed by atoms with Gasteiger partial charge in [0.1, 0.15) is 11.5 Å². The van der Waals surface area contributed by atoms with Crippen LogP contribution in [0.2, 0.25) is 5.02 Å². The Morgan fingerprint density at radius 3 is 2.29 bits per heavy atom. The monoisotopic (exact) mass is 516 g/mol. The molecule has 0 aliphatic carbocycles. The summed E-state index contributed by atoms with van der Waals surface area (Å²) in [6, 6.07) is 20.8. The second-order valence-corrected chi connectivity index (χ2v) is 10.3. The molecular formula is C26H29ClN2O5S. The fourth-order valence-electron chi connectivity index (χ4n) is 3.56. The summed E-state index contributed by atoms with van der Waals surface area (Å²) in [4.78, 5) is 12.9. The van der Waals surface area contributed by atoms with Crippen molar-refractivity contribution in [1.82, 2.24) is 9.62 Å². The topological polar surface area (TPSA) is 84.9 Å². The zero-order chi connectivity index (χ0) is 25.4. The van der Waals surface area contributed by atoms with Crippen LogP contribution in [-0.2, 0) is 21.2 Å². The molecule has 0 aliphatic rings. The number of ether oxygens (including phenoxy) is 2. The number of rotatable bonds is 11. The van der Waals surface area contributed by atoms with Crippen molar-refractivity contribution in [3.63, 3.8) is 0 Å². The maximum Gasteiger partial charge on any atom is 0.243 e. The van der Waals surface area contributed by atoms with Crippen molar-refractivity contribution in [2.45, 2.75) is 24.3 Å². The van der Waals surface area contributed by atoms with Gasteiger partial charge in [-0.2, -0.15) is 4.31 Å². The fourth-order valence-corrected chi connectivity index (χ4v) is 5.31. The maximum atomic E-state index is 13.5. The van der Waals surface area contributed by atoms with E-state index in [1.165, 1.54) is 29.6 Å². The van der Waals surface area contributed by atoms with E-state index < -0.39 is 15.9 Å². The minimum Gasteiger partial charge on any atom is -0.497 e. The molecule has 0 aliphatic heterocycles. The largest absolute Gasteiger partial charge is 0.497 e. The number of nitrogens with one attached hydrogen (secondary N) is 1. The highest BCUT2D eigenvalue weighted by molar-refractivity contribution is 7.89. The first-order chi connectivity index (χ1) is 16.7. The summed E-state index contributed by atoms with van der Waals surface area (Å²) in [7, 11) is -0.969. The molecule has 7 nitrogen and oxygen atoms in total. The third-order valence-electron chi connectivity index (χ3n) is 5.57. The molecule has 0 spiro atoms. The molecule has 0 heterocycles. The zero-order valence-electron chi connectivity index (χ0n) is 19.9. The number of benzene rings is 3. The molecule has 0 unspecified atom stereocenters. The van der Waals surface area contributed by atoms with Crippen LogP contribution in [0, 0.1) is 0 Å². The molecule has 0 saturated heterocycles. The molecule has 186 valence electrons. The Morgan fingerprint density at radius 2 is 1.69 bits per heavy atom. The van der Waals surface area contributed by atoms with Gasteiger partial charge in [0.05, 0.1) is 36.7 Å². The summed E-state index contributed by atoms with van der Waals surface area (Å²) >= 11 is 6.18. The van der Waals surface area contributed by atoms with Gasteiger partial charge >= 0.3 is 0 Å². The standard InChI is InChI=1S/C26H29ClN2O5S/c1-19(21-9-11-22(33-2)12-10-21)28-26(30)18-29(16-15-20-7-5-4-6-8-20)35(31,32)23-13-14-25(34-3)24(27)17-23/h4-14,17,19H,15-16,18H2,1-3H3,(H,28,30)/t19-/m0/s1. The summed E-state index contributed by atoms with van der Waals surface area (Å²) in [5, 5.41) is 3.06. The second kappa shape index (κ2) is 12.1. The number of halogens is 1. The normalized spacial score (nSPS) is 12.3. The molecule has 0 bridgehead atoms. The molecule has 0 radical (unpaired) electrons. The summed E-state index contributed by atoms with van der Waals surface area (Å²) in [6.07, 6.45) is 0.450. The van der Waals surface area contributed by atoms with Crippen molar-refractivity contribution in [2.24, 2.45) is 0 Å². The SMILES string of the molecule is COc1ccc([C@H](C)NC(=O)CN(CCc2ccccc2)S(=O)(=O)c2ccc(OC)c(Cl)c2)cc1. The molecule has 3 aromatic rings.